The van der Waals surface area contributed by atoms with E-state index in [-0.39, 0.29) is 0 Å². The van der Waals surface area contributed by atoms with Crippen LogP contribution in [0.4, 0.5) is 0 Å². The summed E-state index contributed by atoms with van der Waals surface area (Å²) in [5, 5.41) is 3.24. The average Bonchev–Trinajstić information content (AvgIpc) is 2.73. The number of nitrogens with zero attached hydrogens (tertiary/aromatic N) is 2. The lowest BCUT2D eigenvalue weighted by Crippen LogP contribution is -2.03. The molecule has 0 spiro atoms. The highest BCUT2D eigenvalue weighted by Gasteiger charge is 2.02. The molecule has 0 aliphatic rings. The largest absolute Gasteiger partial charge is 0.337 e. The Bertz CT molecular complexity index is 507. The molecule has 0 aliphatic carbocycles. The normalized spacial score (nSPS) is 10.8. The van der Waals surface area contributed by atoms with Gasteiger partial charge in [0.25, 0.3) is 0 Å². The molecule has 0 aromatic carbocycles. The van der Waals surface area contributed by atoms with E-state index in [0.717, 1.165) is 28.4 Å². The second kappa shape index (κ2) is 4.28. The van der Waals surface area contributed by atoms with Gasteiger partial charge in [0.1, 0.15) is 0 Å². The van der Waals surface area contributed by atoms with Crippen LogP contribution in [0.15, 0.2) is 11.6 Å². The van der Waals surface area contributed by atoms with Gasteiger partial charge >= 0.3 is 0 Å². The second-order valence-corrected chi connectivity index (χ2v) is 4.94. The molecule has 2 heterocycles. The lowest BCUT2D eigenvalue weighted by atomic mass is 10.3. The van der Waals surface area contributed by atoms with Crippen molar-refractivity contribution in [3.63, 3.8) is 0 Å². The van der Waals surface area contributed by atoms with E-state index in [2.05, 4.69) is 26.8 Å². The van der Waals surface area contributed by atoms with Crippen LogP contribution in [0, 0.1) is 18.6 Å². The van der Waals surface area contributed by atoms with E-state index in [4.69, 9.17) is 12.2 Å². The molecule has 0 fully saturated rings. The first-order chi connectivity index (χ1) is 7.16. The summed E-state index contributed by atoms with van der Waals surface area (Å²) in [5.41, 5.74) is 2.33. The first-order valence-corrected chi connectivity index (χ1v) is 6.11. The molecule has 0 unspecified atom stereocenters. The Morgan fingerprint density at radius 2 is 2.33 bits per heavy atom. The molecule has 2 aromatic rings. The lowest BCUT2D eigenvalue weighted by molar-refractivity contribution is 0.661. The van der Waals surface area contributed by atoms with E-state index in [1.165, 1.54) is 5.69 Å². The lowest BCUT2D eigenvalue weighted by Gasteiger charge is -2.02. The molecular formula is C10H13N3S2. The Balaban J connectivity index is 2.08. The Hall–Kier alpha value is -0.940. The minimum absolute atomic E-state index is 0.791. The van der Waals surface area contributed by atoms with Gasteiger partial charge in [-0.2, -0.15) is 0 Å². The SMILES string of the molecule is Cc1nc(CCn2c(C)c[nH]c2=S)cs1. The molecule has 1 N–H and O–H groups in total. The fourth-order valence-electron chi connectivity index (χ4n) is 1.51. The van der Waals surface area contributed by atoms with Gasteiger partial charge in [0.05, 0.1) is 10.7 Å². The summed E-state index contributed by atoms with van der Waals surface area (Å²) in [6, 6.07) is 0. The number of nitrogens with one attached hydrogen (secondary N) is 1. The molecule has 0 bridgehead atoms. The van der Waals surface area contributed by atoms with E-state index >= 15 is 0 Å². The summed E-state index contributed by atoms with van der Waals surface area (Å²) < 4.78 is 2.89. The number of imidazole rings is 1. The molecule has 15 heavy (non-hydrogen) atoms. The van der Waals surface area contributed by atoms with Gasteiger partial charge in [-0.15, -0.1) is 11.3 Å². The van der Waals surface area contributed by atoms with Gasteiger partial charge in [-0.3, -0.25) is 0 Å². The van der Waals surface area contributed by atoms with Gasteiger partial charge in [-0.05, 0) is 26.1 Å². The third-order valence-corrected chi connectivity index (χ3v) is 3.49. The summed E-state index contributed by atoms with van der Waals surface area (Å²) in [4.78, 5) is 7.47. The fraction of sp³-hybridized carbons (Fsp3) is 0.400. The number of H-pyrrole nitrogens is 1. The van der Waals surface area contributed by atoms with Gasteiger partial charge in [-0.1, -0.05) is 0 Å². The van der Waals surface area contributed by atoms with Gasteiger partial charge in [0.15, 0.2) is 4.77 Å². The van der Waals surface area contributed by atoms with Gasteiger partial charge in [0.2, 0.25) is 0 Å². The molecule has 80 valence electrons. The van der Waals surface area contributed by atoms with Crippen LogP contribution in [0.2, 0.25) is 0 Å². The average molecular weight is 239 g/mol. The molecule has 0 saturated heterocycles. The van der Waals surface area contributed by atoms with E-state index in [1.807, 2.05) is 13.1 Å². The van der Waals surface area contributed by atoms with E-state index in [1.54, 1.807) is 11.3 Å². The number of rotatable bonds is 3. The van der Waals surface area contributed by atoms with E-state index < -0.39 is 0 Å². The van der Waals surface area contributed by atoms with Crippen molar-refractivity contribution >= 4 is 23.6 Å². The van der Waals surface area contributed by atoms with Crippen molar-refractivity contribution in [1.29, 1.82) is 0 Å². The van der Waals surface area contributed by atoms with Crippen LogP contribution in [0.5, 0.6) is 0 Å². The van der Waals surface area contributed by atoms with E-state index in [9.17, 15) is 0 Å². The Labute approximate surface area is 97.8 Å². The highest BCUT2D eigenvalue weighted by atomic mass is 32.1. The van der Waals surface area contributed by atoms with Crippen LogP contribution >= 0.6 is 23.6 Å². The Kier molecular flexibility index (Phi) is 3.02. The highest BCUT2D eigenvalue weighted by Crippen LogP contribution is 2.10. The number of hydrogen-bond acceptors (Lipinski definition) is 3. The van der Waals surface area contributed by atoms with Gasteiger partial charge < -0.3 is 9.55 Å². The summed E-state index contributed by atoms with van der Waals surface area (Å²) in [6.45, 7) is 4.98. The van der Waals surface area contributed by atoms with E-state index in [0.29, 0.717) is 0 Å². The maximum Gasteiger partial charge on any atom is 0.177 e. The standard InChI is InChI=1S/C10H13N3S2/c1-7-5-11-10(14)13(7)4-3-9-6-15-8(2)12-9/h5-6H,3-4H2,1-2H3,(H,11,14). The van der Waals surface area contributed by atoms with Crippen LogP contribution < -0.4 is 0 Å². The van der Waals surface area contributed by atoms with Crippen molar-refractivity contribution in [2.75, 3.05) is 0 Å². The van der Waals surface area contributed by atoms with Crippen LogP contribution in [0.25, 0.3) is 0 Å². The monoisotopic (exact) mass is 239 g/mol. The number of hydrogen-bond donors (Lipinski definition) is 1. The van der Waals surface area contributed by atoms with Crippen LogP contribution in [-0.2, 0) is 13.0 Å². The van der Waals surface area contributed by atoms with Gasteiger partial charge in [0, 0.05) is 30.2 Å². The van der Waals surface area contributed by atoms with Crippen LogP contribution in [0.3, 0.4) is 0 Å². The number of aromatic nitrogens is 3. The molecule has 0 saturated carbocycles. The molecule has 0 amide bonds. The molecule has 2 rings (SSSR count). The summed E-state index contributed by atoms with van der Waals surface area (Å²) >= 11 is 6.88. The third-order valence-electron chi connectivity index (χ3n) is 2.33. The van der Waals surface area contributed by atoms with Crippen molar-refractivity contribution < 1.29 is 0 Å². The summed E-state index contributed by atoms with van der Waals surface area (Å²) in [7, 11) is 0. The minimum atomic E-state index is 0.791. The quantitative estimate of drug-likeness (QED) is 0.836. The zero-order valence-electron chi connectivity index (χ0n) is 8.78. The Morgan fingerprint density at radius 3 is 2.87 bits per heavy atom. The van der Waals surface area contributed by atoms with Crippen LogP contribution in [-0.4, -0.2) is 14.5 Å². The molecular weight excluding hydrogens is 226 g/mol. The summed E-state index contributed by atoms with van der Waals surface area (Å²) in [5.74, 6) is 0. The topological polar surface area (TPSA) is 33.6 Å². The van der Waals surface area contributed by atoms with Crippen molar-refractivity contribution in [1.82, 2.24) is 14.5 Å². The number of thiazole rings is 1. The highest BCUT2D eigenvalue weighted by molar-refractivity contribution is 7.71. The van der Waals surface area contributed by atoms with Crippen molar-refractivity contribution in [3.05, 3.63) is 32.7 Å². The first-order valence-electron chi connectivity index (χ1n) is 4.82. The molecule has 0 aliphatic heterocycles. The summed E-state index contributed by atoms with van der Waals surface area (Å²) in [6.07, 6.45) is 2.88. The number of aromatic amines is 1. The van der Waals surface area contributed by atoms with Crippen molar-refractivity contribution in [3.8, 4) is 0 Å². The second-order valence-electron chi connectivity index (χ2n) is 3.49. The molecule has 0 atom stereocenters. The number of aryl methyl sites for hydroxylation is 3. The predicted octanol–water partition coefficient (Wildman–Crippen LogP) is 2.86. The maximum atomic E-state index is 5.18. The molecule has 3 nitrogen and oxygen atoms in total. The maximum absolute atomic E-state index is 5.18. The molecule has 0 radical (unpaired) electrons. The van der Waals surface area contributed by atoms with Crippen molar-refractivity contribution in [2.45, 2.75) is 26.8 Å². The van der Waals surface area contributed by atoms with Gasteiger partial charge in [-0.25, -0.2) is 4.98 Å². The van der Waals surface area contributed by atoms with Crippen molar-refractivity contribution in [2.24, 2.45) is 0 Å². The zero-order chi connectivity index (χ0) is 10.8. The minimum Gasteiger partial charge on any atom is -0.337 e. The predicted molar refractivity (Wildman–Crippen MR) is 64.9 cm³/mol. The molecule has 5 heteroatoms. The first kappa shape index (κ1) is 10.6. The molecule has 2 aromatic heterocycles. The third kappa shape index (κ3) is 2.35. The van der Waals surface area contributed by atoms with Crippen LogP contribution in [0.1, 0.15) is 16.4 Å². The Morgan fingerprint density at radius 1 is 1.53 bits per heavy atom. The zero-order valence-corrected chi connectivity index (χ0v) is 10.4. The smallest absolute Gasteiger partial charge is 0.177 e. The fourth-order valence-corrected chi connectivity index (χ4v) is 2.45.